The van der Waals surface area contributed by atoms with E-state index in [9.17, 15) is 14.4 Å². The van der Waals surface area contributed by atoms with Gasteiger partial charge in [-0.1, -0.05) is 18.2 Å². The van der Waals surface area contributed by atoms with E-state index in [4.69, 9.17) is 5.11 Å². The van der Waals surface area contributed by atoms with Crippen LogP contribution < -0.4 is 10.2 Å². The molecule has 0 atom stereocenters. The van der Waals surface area contributed by atoms with Crippen molar-refractivity contribution in [3.8, 4) is 0 Å². The summed E-state index contributed by atoms with van der Waals surface area (Å²) in [7, 11) is 0. The second-order valence-electron chi connectivity index (χ2n) is 5.31. The molecule has 22 heavy (non-hydrogen) atoms. The van der Waals surface area contributed by atoms with Gasteiger partial charge in [-0.05, 0) is 30.9 Å². The SMILES string of the molecule is O=C(O)CCCCNC(=O)CN1C(=O)CCc2ccccc21. The summed E-state index contributed by atoms with van der Waals surface area (Å²) in [6.07, 6.45) is 2.38. The van der Waals surface area contributed by atoms with Crippen LogP contribution in [0, 0.1) is 0 Å². The molecule has 2 N–H and O–H groups in total. The number of para-hydroxylation sites is 1. The number of amides is 2. The van der Waals surface area contributed by atoms with Gasteiger partial charge in [0.25, 0.3) is 0 Å². The van der Waals surface area contributed by atoms with Crippen molar-refractivity contribution in [2.75, 3.05) is 18.0 Å². The first-order valence-electron chi connectivity index (χ1n) is 7.44. The topological polar surface area (TPSA) is 86.7 Å². The highest BCUT2D eigenvalue weighted by Gasteiger charge is 2.25. The average Bonchev–Trinajstić information content (AvgIpc) is 2.49. The molecule has 0 spiro atoms. The van der Waals surface area contributed by atoms with Crippen LogP contribution in [0.4, 0.5) is 5.69 Å². The smallest absolute Gasteiger partial charge is 0.303 e. The highest BCUT2D eigenvalue weighted by molar-refractivity contribution is 6.00. The van der Waals surface area contributed by atoms with E-state index in [0.29, 0.717) is 32.2 Å². The Balaban J connectivity index is 1.83. The number of aliphatic carboxylic acids is 1. The number of rotatable bonds is 7. The minimum atomic E-state index is -0.832. The molecule has 118 valence electrons. The van der Waals surface area contributed by atoms with E-state index < -0.39 is 5.97 Å². The van der Waals surface area contributed by atoms with Crippen molar-refractivity contribution in [1.29, 1.82) is 0 Å². The summed E-state index contributed by atoms with van der Waals surface area (Å²) in [5.41, 5.74) is 1.89. The van der Waals surface area contributed by atoms with Gasteiger partial charge in [-0.2, -0.15) is 0 Å². The summed E-state index contributed by atoms with van der Waals surface area (Å²) in [4.78, 5) is 35.9. The lowest BCUT2D eigenvalue weighted by atomic mass is 10.0. The molecule has 0 unspecified atom stereocenters. The Morgan fingerprint density at radius 2 is 1.95 bits per heavy atom. The summed E-state index contributed by atoms with van der Waals surface area (Å²) in [6.45, 7) is 0.435. The molecule has 6 nitrogen and oxygen atoms in total. The molecule has 0 bridgehead atoms. The Morgan fingerprint density at radius 1 is 1.18 bits per heavy atom. The molecule has 6 heteroatoms. The van der Waals surface area contributed by atoms with Crippen LogP contribution in [0.3, 0.4) is 0 Å². The Morgan fingerprint density at radius 3 is 2.73 bits per heavy atom. The first-order chi connectivity index (χ1) is 10.6. The minimum absolute atomic E-state index is 0.00871. The number of carboxylic acid groups (broad SMARTS) is 1. The van der Waals surface area contributed by atoms with Crippen molar-refractivity contribution < 1.29 is 19.5 Å². The van der Waals surface area contributed by atoms with Gasteiger partial charge in [0.15, 0.2) is 0 Å². The number of carbonyl (C=O) groups excluding carboxylic acids is 2. The van der Waals surface area contributed by atoms with Crippen molar-refractivity contribution in [2.24, 2.45) is 0 Å². The molecular formula is C16H20N2O4. The summed E-state index contributed by atoms with van der Waals surface area (Å²) in [5, 5.41) is 11.3. The standard InChI is InChI=1S/C16H20N2O4/c19-14(17-10-4-3-7-16(21)22)11-18-13-6-2-1-5-12(13)8-9-15(18)20/h1-2,5-6H,3-4,7-11H2,(H,17,19)(H,21,22). The highest BCUT2D eigenvalue weighted by Crippen LogP contribution is 2.26. The van der Waals surface area contributed by atoms with Crippen molar-refractivity contribution in [2.45, 2.75) is 32.1 Å². The third kappa shape index (κ3) is 4.31. The molecule has 0 saturated carbocycles. The summed E-state index contributed by atoms with van der Waals surface area (Å²) < 4.78 is 0. The van der Waals surface area contributed by atoms with Gasteiger partial charge in [-0.3, -0.25) is 14.4 Å². The number of nitrogens with zero attached hydrogens (tertiary/aromatic N) is 1. The first kappa shape index (κ1) is 16.0. The molecule has 1 heterocycles. The number of fused-ring (bicyclic) bond motifs is 1. The lowest BCUT2D eigenvalue weighted by Crippen LogP contribution is -2.43. The lowest BCUT2D eigenvalue weighted by molar-refractivity contribution is -0.137. The third-order valence-electron chi connectivity index (χ3n) is 3.63. The number of benzene rings is 1. The van der Waals surface area contributed by atoms with Gasteiger partial charge in [-0.15, -0.1) is 0 Å². The molecule has 1 aromatic rings. The number of hydrogen-bond donors (Lipinski definition) is 2. The van der Waals surface area contributed by atoms with Crippen molar-refractivity contribution in [1.82, 2.24) is 5.32 Å². The van der Waals surface area contributed by atoms with E-state index in [1.54, 1.807) is 0 Å². The number of carbonyl (C=O) groups is 3. The van der Waals surface area contributed by atoms with Gasteiger partial charge in [-0.25, -0.2) is 0 Å². The van der Waals surface area contributed by atoms with Gasteiger partial charge in [0.1, 0.15) is 6.54 Å². The molecule has 1 aliphatic rings. The van der Waals surface area contributed by atoms with E-state index in [2.05, 4.69) is 5.32 Å². The fourth-order valence-corrected chi connectivity index (χ4v) is 2.50. The monoisotopic (exact) mass is 304 g/mol. The zero-order chi connectivity index (χ0) is 15.9. The number of unbranched alkanes of at least 4 members (excludes halogenated alkanes) is 1. The van der Waals surface area contributed by atoms with Gasteiger partial charge in [0, 0.05) is 25.1 Å². The number of aryl methyl sites for hydroxylation is 1. The molecular weight excluding hydrogens is 284 g/mol. The zero-order valence-corrected chi connectivity index (χ0v) is 12.4. The maximum absolute atomic E-state index is 12.0. The maximum atomic E-state index is 12.0. The van der Waals surface area contributed by atoms with E-state index in [1.807, 2.05) is 24.3 Å². The fraction of sp³-hybridized carbons (Fsp3) is 0.438. The Labute approximate surface area is 129 Å². The highest BCUT2D eigenvalue weighted by atomic mass is 16.4. The second kappa shape index (κ2) is 7.59. The van der Waals surface area contributed by atoms with Gasteiger partial charge in [0.05, 0.1) is 0 Å². The third-order valence-corrected chi connectivity index (χ3v) is 3.63. The number of anilines is 1. The molecule has 1 aliphatic heterocycles. The molecule has 0 fully saturated rings. The largest absolute Gasteiger partial charge is 0.481 e. The Bertz CT molecular complexity index is 571. The molecule has 1 aromatic carbocycles. The normalized spacial score (nSPS) is 13.6. The van der Waals surface area contributed by atoms with Crippen molar-refractivity contribution in [3.63, 3.8) is 0 Å². The van der Waals surface area contributed by atoms with E-state index in [-0.39, 0.29) is 24.8 Å². The maximum Gasteiger partial charge on any atom is 0.303 e. The lowest BCUT2D eigenvalue weighted by Gasteiger charge is -2.28. The van der Waals surface area contributed by atoms with Crippen LogP contribution in [0.15, 0.2) is 24.3 Å². The van der Waals surface area contributed by atoms with E-state index in [0.717, 1.165) is 11.3 Å². The Hall–Kier alpha value is -2.37. The second-order valence-corrected chi connectivity index (χ2v) is 5.31. The van der Waals surface area contributed by atoms with Crippen LogP contribution in [0.2, 0.25) is 0 Å². The van der Waals surface area contributed by atoms with Crippen LogP contribution in [-0.4, -0.2) is 36.0 Å². The summed E-state index contributed by atoms with van der Waals surface area (Å²) in [6, 6.07) is 7.61. The minimum Gasteiger partial charge on any atom is -0.481 e. The van der Waals surface area contributed by atoms with Crippen LogP contribution in [0.25, 0.3) is 0 Å². The van der Waals surface area contributed by atoms with Gasteiger partial charge < -0.3 is 15.3 Å². The molecule has 0 aromatic heterocycles. The quantitative estimate of drug-likeness (QED) is 0.744. The van der Waals surface area contributed by atoms with Gasteiger partial charge >= 0.3 is 5.97 Å². The van der Waals surface area contributed by atoms with Crippen molar-refractivity contribution >= 4 is 23.5 Å². The predicted molar refractivity (Wildman–Crippen MR) is 81.6 cm³/mol. The molecule has 2 amide bonds. The first-order valence-corrected chi connectivity index (χ1v) is 7.44. The van der Waals surface area contributed by atoms with Crippen LogP contribution in [0.1, 0.15) is 31.2 Å². The van der Waals surface area contributed by atoms with Gasteiger partial charge in [0.2, 0.25) is 11.8 Å². The van der Waals surface area contributed by atoms with E-state index >= 15 is 0 Å². The number of nitrogens with one attached hydrogen (secondary N) is 1. The summed E-state index contributed by atoms with van der Waals surface area (Å²) in [5.74, 6) is -1.10. The number of carboxylic acids is 1. The van der Waals surface area contributed by atoms with Crippen LogP contribution in [-0.2, 0) is 20.8 Å². The Kier molecular flexibility index (Phi) is 5.52. The molecule has 0 saturated heterocycles. The average molecular weight is 304 g/mol. The van der Waals surface area contributed by atoms with Crippen LogP contribution in [0.5, 0.6) is 0 Å². The molecule has 0 radical (unpaired) electrons. The summed E-state index contributed by atoms with van der Waals surface area (Å²) >= 11 is 0. The molecule has 2 rings (SSSR count). The fourth-order valence-electron chi connectivity index (χ4n) is 2.50. The van der Waals surface area contributed by atoms with E-state index in [1.165, 1.54) is 4.90 Å². The molecule has 0 aliphatic carbocycles. The van der Waals surface area contributed by atoms with Crippen molar-refractivity contribution in [3.05, 3.63) is 29.8 Å². The van der Waals surface area contributed by atoms with Crippen LogP contribution >= 0.6 is 0 Å². The zero-order valence-electron chi connectivity index (χ0n) is 12.4. The predicted octanol–water partition coefficient (Wildman–Crippen LogP) is 1.34. The number of hydrogen-bond acceptors (Lipinski definition) is 3.